The van der Waals surface area contributed by atoms with Crippen LogP contribution in [0.2, 0.25) is 0 Å². The van der Waals surface area contributed by atoms with Crippen molar-refractivity contribution >= 4 is 3.76 Å². The van der Waals surface area contributed by atoms with Crippen molar-refractivity contribution in [2.24, 2.45) is 0 Å². The fourth-order valence-electron chi connectivity index (χ4n) is 2.32. The van der Waals surface area contributed by atoms with Crippen LogP contribution < -0.4 is 0 Å². The number of hydrogen-bond acceptors (Lipinski definition) is 0. The molecule has 3 aromatic rings. The van der Waals surface area contributed by atoms with Gasteiger partial charge in [-0.2, -0.15) is 48.0 Å². The van der Waals surface area contributed by atoms with Crippen molar-refractivity contribution in [1.29, 1.82) is 0 Å². The van der Waals surface area contributed by atoms with Crippen molar-refractivity contribution in [3.05, 3.63) is 90.0 Å². The average Bonchev–Trinajstić information content (AvgIpc) is 3.19. The minimum atomic E-state index is 1.05. The third kappa shape index (κ3) is 4.50. The molecule has 0 saturated carbocycles. The van der Waals surface area contributed by atoms with Crippen LogP contribution in [0.3, 0.4) is 0 Å². The van der Waals surface area contributed by atoms with Crippen LogP contribution in [0.5, 0.6) is 0 Å². The Labute approximate surface area is 141 Å². The second kappa shape index (κ2) is 8.74. The molecule has 0 heterocycles. The maximum Gasteiger partial charge on any atom is -0.0253 e. The fraction of sp³-hybridized carbons (Fsp3) is 0.100. The first-order valence-electron chi connectivity index (χ1n) is 7.06. The van der Waals surface area contributed by atoms with Gasteiger partial charge in [0, 0.05) is 0 Å². The molecule has 0 unspecified atom stereocenters. The summed E-state index contributed by atoms with van der Waals surface area (Å²) in [6.07, 6.45) is 1.05. The van der Waals surface area contributed by atoms with E-state index in [-0.39, 0.29) is 0 Å². The molecule has 102 valence electrons. The van der Waals surface area contributed by atoms with E-state index in [1.165, 1.54) is 46.1 Å². The third-order valence-electron chi connectivity index (χ3n) is 3.17. The molecule has 0 N–H and O–H groups in total. The van der Waals surface area contributed by atoms with E-state index < -0.39 is 0 Å². The molecule has 0 aromatic heterocycles. The molecular formula is C20H18Hf. The summed E-state index contributed by atoms with van der Waals surface area (Å²) in [4.78, 5) is 0. The monoisotopic (exact) mass is 438 g/mol. The largest absolute Gasteiger partial charge is 0.214 e. The zero-order valence-corrected chi connectivity index (χ0v) is 15.8. The van der Waals surface area contributed by atoms with Crippen molar-refractivity contribution in [2.45, 2.75) is 13.3 Å². The molecule has 0 radical (unpaired) electrons. The minimum absolute atomic E-state index is 1.05. The summed E-state index contributed by atoms with van der Waals surface area (Å²) in [6.45, 7) is 2.06. The van der Waals surface area contributed by atoms with Crippen molar-refractivity contribution < 1.29 is 23.9 Å². The van der Waals surface area contributed by atoms with Gasteiger partial charge in [-0.1, -0.05) is 35.4 Å². The number of fused-ring (bicyclic) bond motifs is 3. The Kier molecular flexibility index (Phi) is 6.62. The van der Waals surface area contributed by atoms with Crippen LogP contribution >= 0.6 is 0 Å². The maximum atomic E-state index is 3.30. The molecule has 3 aromatic carbocycles. The quantitative estimate of drug-likeness (QED) is 0.274. The molecule has 0 bridgehead atoms. The number of rotatable bonds is 0. The van der Waals surface area contributed by atoms with Gasteiger partial charge in [-0.15, -0.1) is 5.56 Å². The van der Waals surface area contributed by atoms with Gasteiger partial charge in [0.1, 0.15) is 0 Å². The molecule has 0 spiro atoms. The summed E-state index contributed by atoms with van der Waals surface area (Å²) in [5.74, 6) is 0. The Morgan fingerprint density at radius 1 is 1.00 bits per heavy atom. The van der Waals surface area contributed by atoms with Gasteiger partial charge in [0.25, 0.3) is 0 Å². The summed E-state index contributed by atoms with van der Waals surface area (Å²) < 4.78 is 2.14. The molecule has 0 saturated heterocycles. The average molecular weight is 437 g/mol. The van der Waals surface area contributed by atoms with Gasteiger partial charge in [-0.05, 0) is 6.42 Å². The van der Waals surface area contributed by atoms with E-state index in [2.05, 4.69) is 53.1 Å². The zero-order valence-electron chi connectivity index (χ0n) is 12.2. The molecule has 0 nitrogen and oxygen atoms in total. The van der Waals surface area contributed by atoms with Crippen LogP contribution in [0.25, 0.3) is 11.1 Å². The van der Waals surface area contributed by atoms with E-state index in [0.717, 1.165) is 6.42 Å². The van der Waals surface area contributed by atoms with E-state index in [9.17, 15) is 0 Å². The molecule has 4 rings (SSSR count). The Morgan fingerprint density at radius 3 is 2.33 bits per heavy atom. The smallest absolute Gasteiger partial charge is 0.0253 e. The minimum Gasteiger partial charge on any atom is -0.214 e. The van der Waals surface area contributed by atoms with Gasteiger partial charge < -0.3 is 0 Å². The van der Waals surface area contributed by atoms with Crippen molar-refractivity contribution in [2.75, 3.05) is 0 Å². The Bertz CT molecular complexity index is 605. The van der Waals surface area contributed by atoms with E-state index in [1.54, 1.807) is 0 Å². The third-order valence-corrected chi connectivity index (χ3v) is 3.17. The molecule has 0 aliphatic heterocycles. The van der Waals surface area contributed by atoms with E-state index in [0.29, 0.717) is 0 Å². The predicted molar refractivity (Wildman–Crippen MR) is 87.3 cm³/mol. The van der Waals surface area contributed by atoms with Gasteiger partial charge in [0.05, 0.1) is 0 Å². The second-order valence-electron chi connectivity index (χ2n) is 4.65. The van der Waals surface area contributed by atoms with E-state index >= 15 is 0 Å². The molecular weight excluding hydrogens is 419 g/mol. The number of benzene rings is 2. The molecule has 21 heavy (non-hydrogen) atoms. The van der Waals surface area contributed by atoms with Crippen LogP contribution in [-0.4, -0.2) is 3.76 Å². The Balaban J connectivity index is 0.000000169. The van der Waals surface area contributed by atoms with Crippen molar-refractivity contribution in [1.82, 2.24) is 0 Å². The van der Waals surface area contributed by atoms with Crippen molar-refractivity contribution in [3.63, 3.8) is 0 Å². The van der Waals surface area contributed by atoms with Gasteiger partial charge in [0.15, 0.2) is 0 Å². The van der Waals surface area contributed by atoms with Gasteiger partial charge in [-0.25, -0.2) is 12.1 Å². The summed E-state index contributed by atoms with van der Waals surface area (Å²) in [7, 11) is 0. The molecule has 1 heteroatoms. The van der Waals surface area contributed by atoms with Crippen molar-refractivity contribution in [3.8, 4) is 11.1 Å². The summed E-state index contributed by atoms with van der Waals surface area (Å²) >= 11 is 1.24. The molecule has 1 aliphatic carbocycles. The van der Waals surface area contributed by atoms with Crippen LogP contribution in [0.15, 0.2) is 72.8 Å². The SMILES string of the molecule is C[CH]=[Hf+2].[c-]1cccc2c1Cc1ccccc1-2.c1cc[cH-]c1. The zero-order chi connectivity index (χ0) is 14.9. The normalized spacial score (nSPS) is 10.2. The van der Waals surface area contributed by atoms with Crippen LogP contribution in [-0.2, 0) is 30.3 Å². The predicted octanol–water partition coefficient (Wildman–Crippen LogP) is 4.82. The summed E-state index contributed by atoms with van der Waals surface area (Å²) in [5, 5.41) is 0. The second-order valence-corrected chi connectivity index (χ2v) is 6.72. The maximum absolute atomic E-state index is 3.30. The first kappa shape index (κ1) is 15.9. The van der Waals surface area contributed by atoms with Gasteiger partial charge in [0.2, 0.25) is 0 Å². The van der Waals surface area contributed by atoms with Gasteiger partial charge >= 0.3 is 34.6 Å². The topological polar surface area (TPSA) is 0 Å². The standard InChI is InChI=1S/C13H9.C5H5.C2H4.Hf/c1-3-7-12-10(5-1)9-11-6-2-4-8-13(11)12;1-2-4-5-3-1;1-2;/h1-5,7-8H,9H2;1-5H;1H,2H3;/q2*-1;;+2. The Hall–Kier alpha value is -1.47. The summed E-state index contributed by atoms with van der Waals surface area (Å²) in [5.41, 5.74) is 5.51. The van der Waals surface area contributed by atoms with Crippen LogP contribution in [0, 0.1) is 6.07 Å². The fourth-order valence-corrected chi connectivity index (χ4v) is 2.32. The number of hydrogen-bond donors (Lipinski definition) is 0. The first-order chi connectivity index (χ1) is 10.4. The Morgan fingerprint density at radius 2 is 1.67 bits per heavy atom. The van der Waals surface area contributed by atoms with E-state index in [4.69, 9.17) is 0 Å². The first-order valence-corrected chi connectivity index (χ1v) is 9.14. The van der Waals surface area contributed by atoms with Gasteiger partial charge in [-0.3, -0.25) is 0 Å². The van der Waals surface area contributed by atoms with Crippen LogP contribution in [0.1, 0.15) is 18.1 Å². The van der Waals surface area contributed by atoms with Crippen LogP contribution in [0.4, 0.5) is 0 Å². The summed E-state index contributed by atoms with van der Waals surface area (Å²) in [6, 6.07) is 28.1. The molecule has 0 fully saturated rings. The molecule has 0 amide bonds. The molecule has 0 atom stereocenters. The van der Waals surface area contributed by atoms with E-state index in [1.807, 2.05) is 36.4 Å². The molecule has 1 aliphatic rings.